The quantitative estimate of drug-likeness (QED) is 0.164. The van der Waals surface area contributed by atoms with Crippen LogP contribution in [0.2, 0.25) is 15.1 Å². The lowest BCUT2D eigenvalue weighted by Gasteiger charge is -2.40. The third-order valence-corrected chi connectivity index (χ3v) is 9.72. The lowest BCUT2D eigenvalue weighted by molar-refractivity contribution is -0.119. The first-order chi connectivity index (χ1) is 20.6. The third kappa shape index (κ3) is 5.85. The van der Waals surface area contributed by atoms with E-state index in [9.17, 15) is 17.8 Å². The SMILES string of the molecule is O=C(N[N+]1(c2c(S(=O)(=O)O)ccc3ccccc23)CCCCC1)C1=NN(c2ccc(Cl)cc2Cl)[C@H](c2ccc(Cl)cc2)C1. The predicted molar refractivity (Wildman–Crippen MR) is 172 cm³/mol. The summed E-state index contributed by atoms with van der Waals surface area (Å²) in [5, 5.41) is 9.33. The monoisotopic (exact) mass is 657 g/mol. The zero-order chi connectivity index (χ0) is 30.4. The van der Waals surface area contributed by atoms with Crippen LogP contribution in [0.1, 0.15) is 37.3 Å². The number of carbonyl (C=O) groups is 1. The Hall–Kier alpha value is -3.18. The van der Waals surface area contributed by atoms with E-state index < -0.39 is 16.0 Å². The van der Waals surface area contributed by atoms with Crippen LogP contribution >= 0.6 is 34.8 Å². The maximum Gasteiger partial charge on any atom is 0.312 e. The molecule has 2 aliphatic rings. The van der Waals surface area contributed by atoms with E-state index in [-0.39, 0.29) is 27.7 Å². The first-order valence-corrected chi connectivity index (χ1v) is 16.4. The number of fused-ring (bicyclic) bond motifs is 1. The van der Waals surface area contributed by atoms with Gasteiger partial charge in [0.1, 0.15) is 18.8 Å². The number of quaternary nitrogens is 1. The van der Waals surface area contributed by atoms with Crippen molar-refractivity contribution in [3.8, 4) is 0 Å². The van der Waals surface area contributed by atoms with Crippen molar-refractivity contribution >= 4 is 78.7 Å². The van der Waals surface area contributed by atoms with Crippen LogP contribution in [0.4, 0.5) is 11.4 Å². The van der Waals surface area contributed by atoms with Crippen LogP contribution in [0.3, 0.4) is 0 Å². The molecule has 0 spiro atoms. The Morgan fingerprint density at radius 2 is 1.60 bits per heavy atom. The van der Waals surface area contributed by atoms with Crippen molar-refractivity contribution < 1.29 is 17.8 Å². The number of rotatable bonds is 6. The van der Waals surface area contributed by atoms with Crippen molar-refractivity contribution in [3.63, 3.8) is 0 Å². The molecule has 6 rings (SSSR count). The molecule has 1 amide bonds. The Kier molecular flexibility index (Phi) is 8.14. The fourth-order valence-corrected chi connectivity index (χ4v) is 7.46. The highest BCUT2D eigenvalue weighted by Crippen LogP contribution is 2.42. The van der Waals surface area contributed by atoms with E-state index in [4.69, 9.17) is 39.9 Å². The number of anilines is 1. The molecular weight excluding hydrogens is 631 g/mol. The first kappa shape index (κ1) is 29.9. The number of hydrazone groups is 1. The van der Waals surface area contributed by atoms with Crippen molar-refractivity contribution in [3.05, 3.63) is 99.5 Å². The minimum atomic E-state index is -4.61. The average Bonchev–Trinajstić information content (AvgIpc) is 3.42. The van der Waals surface area contributed by atoms with Crippen LogP contribution in [0.5, 0.6) is 0 Å². The number of benzene rings is 4. The van der Waals surface area contributed by atoms with Crippen LogP contribution < -0.4 is 15.0 Å². The molecule has 43 heavy (non-hydrogen) atoms. The number of piperidine rings is 1. The molecule has 2 N–H and O–H groups in total. The molecule has 0 saturated carbocycles. The molecule has 0 aliphatic carbocycles. The molecular formula is C31H28Cl3N4O4S+. The number of halogens is 3. The lowest BCUT2D eigenvalue weighted by atomic mass is 10.0. The van der Waals surface area contributed by atoms with Crippen LogP contribution in [0.25, 0.3) is 10.8 Å². The summed E-state index contributed by atoms with van der Waals surface area (Å²) in [5.41, 5.74) is 5.22. The molecule has 222 valence electrons. The van der Waals surface area contributed by atoms with Gasteiger partial charge in [-0.05, 0) is 72.7 Å². The fraction of sp³-hybridized carbons (Fsp3) is 0.226. The van der Waals surface area contributed by atoms with Gasteiger partial charge in [-0.2, -0.15) is 23.5 Å². The maximum absolute atomic E-state index is 14.2. The first-order valence-electron chi connectivity index (χ1n) is 13.8. The fourth-order valence-electron chi connectivity index (χ4n) is 6.07. The number of hydrogen-bond acceptors (Lipinski definition) is 5. The van der Waals surface area contributed by atoms with Crippen LogP contribution in [0.15, 0.2) is 88.9 Å². The Labute approximate surface area is 264 Å². The molecule has 1 saturated heterocycles. The second-order valence-electron chi connectivity index (χ2n) is 10.8. The number of nitrogens with one attached hydrogen (secondary N) is 1. The smallest absolute Gasteiger partial charge is 0.282 e. The van der Waals surface area contributed by atoms with Crippen molar-refractivity contribution in [2.24, 2.45) is 5.10 Å². The molecule has 8 nitrogen and oxygen atoms in total. The second kappa shape index (κ2) is 11.7. The summed E-state index contributed by atoms with van der Waals surface area (Å²) < 4.78 is 35.5. The lowest BCUT2D eigenvalue weighted by Crippen LogP contribution is -2.65. The summed E-state index contributed by atoms with van der Waals surface area (Å²) in [6.45, 7) is 0.895. The second-order valence-corrected chi connectivity index (χ2v) is 13.5. The Balaban J connectivity index is 1.44. The summed E-state index contributed by atoms with van der Waals surface area (Å²) in [5.74, 6) is -0.442. The zero-order valence-electron chi connectivity index (χ0n) is 22.9. The maximum atomic E-state index is 14.2. The van der Waals surface area contributed by atoms with Gasteiger partial charge in [0.05, 0.1) is 16.8 Å². The van der Waals surface area contributed by atoms with Gasteiger partial charge in [0.15, 0.2) is 10.6 Å². The molecule has 0 bridgehead atoms. The van der Waals surface area contributed by atoms with Crippen LogP contribution in [-0.4, -0.2) is 37.7 Å². The van der Waals surface area contributed by atoms with Crippen LogP contribution in [-0.2, 0) is 14.9 Å². The zero-order valence-corrected chi connectivity index (χ0v) is 26.0. The number of hydrogen-bond donors (Lipinski definition) is 2. The molecule has 0 radical (unpaired) electrons. The predicted octanol–water partition coefficient (Wildman–Crippen LogP) is 7.58. The molecule has 4 aromatic rings. The van der Waals surface area contributed by atoms with E-state index in [1.165, 1.54) is 6.07 Å². The summed E-state index contributed by atoms with van der Waals surface area (Å²) in [4.78, 5) is 13.9. The minimum Gasteiger partial charge on any atom is -0.282 e. The number of carbonyl (C=O) groups excluding carboxylic acids is 1. The highest BCUT2D eigenvalue weighted by atomic mass is 35.5. The summed E-state index contributed by atoms with van der Waals surface area (Å²) in [6, 6.07) is 22.5. The van der Waals surface area contributed by atoms with Gasteiger partial charge in [0, 0.05) is 21.9 Å². The average molecular weight is 659 g/mol. The minimum absolute atomic E-state index is 0.137. The molecule has 0 aromatic heterocycles. The van der Waals surface area contributed by atoms with Gasteiger partial charge in [0.2, 0.25) is 0 Å². The summed E-state index contributed by atoms with van der Waals surface area (Å²) in [7, 11) is -4.61. The molecule has 2 heterocycles. The Morgan fingerprint density at radius 1 is 0.907 bits per heavy atom. The van der Waals surface area contributed by atoms with E-state index in [0.717, 1.165) is 30.2 Å². The van der Waals surface area contributed by atoms with Gasteiger partial charge in [-0.25, -0.2) is 0 Å². The largest absolute Gasteiger partial charge is 0.312 e. The highest BCUT2D eigenvalue weighted by Gasteiger charge is 2.43. The van der Waals surface area contributed by atoms with E-state index in [0.29, 0.717) is 44.9 Å². The molecule has 1 atom stereocenters. The van der Waals surface area contributed by atoms with Gasteiger partial charge in [-0.3, -0.25) is 14.4 Å². The molecule has 4 aromatic carbocycles. The van der Waals surface area contributed by atoms with E-state index in [1.54, 1.807) is 41.4 Å². The molecule has 0 unspecified atom stereocenters. The van der Waals surface area contributed by atoms with E-state index >= 15 is 0 Å². The van der Waals surface area contributed by atoms with Crippen molar-refractivity contribution in [2.75, 3.05) is 18.1 Å². The van der Waals surface area contributed by atoms with Crippen molar-refractivity contribution in [1.82, 2.24) is 10.0 Å². The van der Waals surface area contributed by atoms with Gasteiger partial charge < -0.3 is 0 Å². The summed E-state index contributed by atoms with van der Waals surface area (Å²) >= 11 is 18.9. The van der Waals surface area contributed by atoms with Gasteiger partial charge in [-0.1, -0.05) is 71.2 Å². The topological polar surface area (TPSA) is 99.1 Å². The van der Waals surface area contributed by atoms with Gasteiger partial charge in [-0.15, -0.1) is 0 Å². The van der Waals surface area contributed by atoms with Crippen molar-refractivity contribution in [2.45, 2.75) is 36.6 Å². The van der Waals surface area contributed by atoms with Gasteiger partial charge >= 0.3 is 16.0 Å². The van der Waals surface area contributed by atoms with Crippen LogP contribution in [0, 0.1) is 0 Å². The number of nitrogens with zero attached hydrogens (tertiary/aromatic N) is 3. The highest BCUT2D eigenvalue weighted by molar-refractivity contribution is 7.86. The Morgan fingerprint density at radius 3 is 2.30 bits per heavy atom. The normalized spacial score (nSPS) is 18.5. The van der Waals surface area contributed by atoms with Crippen molar-refractivity contribution in [1.29, 1.82) is 0 Å². The molecule has 2 aliphatic heterocycles. The third-order valence-electron chi connectivity index (χ3n) is 8.05. The molecule has 1 fully saturated rings. The van der Waals surface area contributed by atoms with E-state index in [1.807, 2.05) is 36.4 Å². The standard InChI is InChI=1S/C31H27Cl3N4O4S/c32-22-11-8-21(9-12-22)28-19-26(35-37(28)27-14-13-23(33)18-25(27)34)31(39)36-38(16-4-1-5-17-38)30-24-7-3-2-6-20(24)10-15-29(30)43(40,41)42/h2-3,6-15,18,28H,1,4-5,16-17,19H2,(H-,36,39,40,41,42)/p+1/t28-/m0/s1. The Bertz CT molecular complexity index is 1860. The number of amides is 1. The molecule has 12 heteroatoms. The van der Waals surface area contributed by atoms with E-state index in [2.05, 4.69) is 5.43 Å². The van der Waals surface area contributed by atoms with Gasteiger partial charge in [0.25, 0.3) is 0 Å². The summed E-state index contributed by atoms with van der Waals surface area (Å²) in [6.07, 6.45) is 2.69.